The minimum Gasteiger partial charge on any atom is -0.468 e. The number of nitriles is 1. The van der Waals surface area contributed by atoms with Gasteiger partial charge in [0, 0.05) is 47.7 Å². The van der Waals surface area contributed by atoms with Gasteiger partial charge >= 0.3 is 0 Å². The van der Waals surface area contributed by atoms with Crippen LogP contribution >= 0.6 is 11.3 Å². The highest BCUT2D eigenvalue weighted by Gasteiger charge is 2.50. The van der Waals surface area contributed by atoms with Crippen molar-refractivity contribution in [1.82, 2.24) is 4.57 Å². The van der Waals surface area contributed by atoms with Crippen LogP contribution in [0.15, 0.2) is 120 Å². The maximum atomic E-state index is 11.2. The fraction of sp³-hybridized carbons (Fsp3) is 0.262. The van der Waals surface area contributed by atoms with Crippen LogP contribution in [0.5, 0.6) is 0 Å². The zero-order valence-corrected chi connectivity index (χ0v) is 42.0. The zero-order valence-electron chi connectivity index (χ0n) is 41.2. The van der Waals surface area contributed by atoms with Crippen LogP contribution in [0.4, 0.5) is 34.1 Å². The monoisotopic (exact) mass is 902 g/mol. The normalized spacial score (nSPS) is 14.4. The molecule has 0 aliphatic carbocycles. The zero-order chi connectivity index (χ0) is 47.3. The van der Waals surface area contributed by atoms with Gasteiger partial charge in [-0.1, -0.05) is 126 Å². The minimum absolute atomic E-state index is 0.0261. The van der Waals surface area contributed by atoms with E-state index >= 15 is 0 Å². The first-order valence-electron chi connectivity index (χ1n) is 24.2. The lowest BCUT2D eigenvalue weighted by atomic mass is 9.35. The van der Waals surface area contributed by atoms with E-state index in [4.69, 9.17) is 4.42 Å². The molecule has 3 aliphatic rings. The summed E-state index contributed by atoms with van der Waals surface area (Å²) in [4.78, 5) is 5.01. The second-order valence-electron chi connectivity index (χ2n) is 23.8. The van der Waals surface area contributed by atoms with Gasteiger partial charge < -0.3 is 18.8 Å². The Hall–Kier alpha value is -6.75. The molecule has 0 unspecified atom stereocenters. The first kappa shape index (κ1) is 41.4. The standard InChI is InChI=1S/C61H55BN4OS/c1-58(2,3)34-20-22-43-39(26-34)40-28-36(60(7,8)9)30-47-54(40)64(43)48-31-37(61(10,11)12)29-42-56(48)66(47)46-25-33(32-63)24-45-53(46)62(42)57-55(41-27-35(59(4,5)6)21-23-49(41)67-57)65(45)44-17-15-19-51-52(44)38-16-13-14-18-50(38)68-51/h13-31H,1-12H3. The third-order valence-corrected chi connectivity index (χ3v) is 16.4. The number of nitrogens with zero attached hydrogens (tertiary/aromatic N) is 4. The molecule has 3 aliphatic heterocycles. The third-order valence-electron chi connectivity index (χ3n) is 15.3. The van der Waals surface area contributed by atoms with Crippen LogP contribution in [-0.4, -0.2) is 11.3 Å². The van der Waals surface area contributed by atoms with Gasteiger partial charge in [0.25, 0.3) is 6.71 Å². The Morgan fingerprint density at radius 1 is 0.515 bits per heavy atom. The second kappa shape index (κ2) is 13.3. The van der Waals surface area contributed by atoms with Gasteiger partial charge in [-0.25, -0.2) is 0 Å². The van der Waals surface area contributed by atoms with Crippen LogP contribution in [0.25, 0.3) is 58.6 Å². The van der Waals surface area contributed by atoms with Crippen molar-refractivity contribution in [3.8, 4) is 11.8 Å². The molecular weight excluding hydrogens is 848 g/mol. The van der Waals surface area contributed by atoms with Crippen LogP contribution in [-0.2, 0) is 21.7 Å². The summed E-state index contributed by atoms with van der Waals surface area (Å²) in [6.45, 7) is 27.5. The van der Waals surface area contributed by atoms with Gasteiger partial charge in [0.1, 0.15) is 5.58 Å². The van der Waals surface area contributed by atoms with E-state index in [-0.39, 0.29) is 28.4 Å². The van der Waals surface area contributed by atoms with Crippen LogP contribution in [0.2, 0.25) is 0 Å². The number of hydrogen-bond donors (Lipinski definition) is 0. The molecule has 334 valence electrons. The van der Waals surface area contributed by atoms with E-state index in [9.17, 15) is 5.26 Å². The molecule has 7 aromatic carbocycles. The molecule has 0 amide bonds. The summed E-state index contributed by atoms with van der Waals surface area (Å²) in [5.41, 5.74) is 19.5. The molecule has 0 spiro atoms. The Labute approximate surface area is 403 Å². The average molecular weight is 903 g/mol. The van der Waals surface area contributed by atoms with Gasteiger partial charge in [0.05, 0.1) is 56.8 Å². The van der Waals surface area contributed by atoms with Crippen molar-refractivity contribution in [3.05, 3.63) is 143 Å². The van der Waals surface area contributed by atoms with Gasteiger partial charge in [0.15, 0.2) is 0 Å². The van der Waals surface area contributed by atoms with Gasteiger partial charge in [0.2, 0.25) is 0 Å². The largest absolute Gasteiger partial charge is 0.468 e. The van der Waals surface area contributed by atoms with E-state index in [2.05, 4.69) is 219 Å². The molecule has 13 rings (SSSR count). The van der Waals surface area contributed by atoms with Crippen LogP contribution in [0, 0.1) is 11.3 Å². The van der Waals surface area contributed by atoms with E-state index in [0.717, 1.165) is 61.9 Å². The molecule has 0 bridgehead atoms. The fourth-order valence-corrected chi connectivity index (χ4v) is 12.7. The van der Waals surface area contributed by atoms with E-state index in [0.29, 0.717) is 5.56 Å². The summed E-state index contributed by atoms with van der Waals surface area (Å²) in [7, 11) is 0. The summed E-state index contributed by atoms with van der Waals surface area (Å²) >= 11 is 1.83. The molecule has 0 N–H and O–H groups in total. The van der Waals surface area contributed by atoms with Crippen LogP contribution in [0.1, 0.15) is 111 Å². The summed E-state index contributed by atoms with van der Waals surface area (Å²) in [5.74, 6) is 0. The highest BCUT2D eigenvalue weighted by atomic mass is 32.1. The first-order chi connectivity index (χ1) is 32.2. The molecule has 10 aromatic rings. The van der Waals surface area contributed by atoms with Crippen molar-refractivity contribution in [2.24, 2.45) is 0 Å². The van der Waals surface area contributed by atoms with Gasteiger partial charge in [-0.05, 0) is 128 Å². The molecule has 3 aromatic heterocycles. The number of anilines is 6. The van der Waals surface area contributed by atoms with E-state index < -0.39 is 0 Å². The maximum Gasteiger partial charge on any atom is 0.297 e. The topological polar surface area (TPSA) is 48.3 Å². The van der Waals surface area contributed by atoms with Crippen molar-refractivity contribution >= 4 is 122 Å². The number of aromatic nitrogens is 1. The molecule has 5 nitrogen and oxygen atoms in total. The Kier molecular flexibility index (Phi) is 8.09. The smallest absolute Gasteiger partial charge is 0.297 e. The van der Waals surface area contributed by atoms with Crippen molar-refractivity contribution in [2.75, 3.05) is 9.80 Å². The molecule has 0 saturated heterocycles. The van der Waals surface area contributed by atoms with E-state index in [1.165, 1.54) is 69.7 Å². The molecular formula is C61H55BN4OS. The Morgan fingerprint density at radius 2 is 1.12 bits per heavy atom. The molecule has 68 heavy (non-hydrogen) atoms. The highest BCUT2D eigenvalue weighted by molar-refractivity contribution is 7.26. The Bertz CT molecular complexity index is 3940. The number of benzene rings is 7. The minimum atomic E-state index is -0.271. The van der Waals surface area contributed by atoms with Crippen LogP contribution in [0.3, 0.4) is 0 Å². The van der Waals surface area contributed by atoms with Crippen molar-refractivity contribution in [2.45, 2.75) is 105 Å². The lowest BCUT2D eigenvalue weighted by molar-refractivity contribution is 0.589. The first-order valence-corrected chi connectivity index (χ1v) is 25.0. The number of thiophene rings is 1. The van der Waals surface area contributed by atoms with Crippen LogP contribution < -0.4 is 26.4 Å². The number of furan rings is 1. The Balaban J connectivity index is 1.24. The summed E-state index contributed by atoms with van der Waals surface area (Å²) in [6, 6.07) is 46.3. The summed E-state index contributed by atoms with van der Waals surface area (Å²) in [5, 5.41) is 17.2. The second-order valence-corrected chi connectivity index (χ2v) is 24.9. The quantitative estimate of drug-likeness (QED) is 0.154. The average Bonchev–Trinajstić information content (AvgIpc) is 3.97. The number of hydrogen-bond acceptors (Lipinski definition) is 5. The predicted molar refractivity (Wildman–Crippen MR) is 291 cm³/mol. The molecule has 0 radical (unpaired) electrons. The molecule has 7 heteroatoms. The van der Waals surface area contributed by atoms with Gasteiger partial charge in [-0.3, -0.25) is 0 Å². The lowest BCUT2D eigenvalue weighted by Gasteiger charge is -2.45. The SMILES string of the molecule is CC(C)(C)c1cc2c3c(c1)-n1c4ccc(C(C)(C)C)cc4c4cc(C(C)(C)C)cc(c41)N3c1cc(C#N)cc3c1B2c1oc2ccc(C(C)(C)C)cc2c1N3c1cccc2sc3ccccc3c12. The van der Waals surface area contributed by atoms with Crippen molar-refractivity contribution in [1.29, 1.82) is 5.26 Å². The molecule has 0 saturated carbocycles. The number of fused-ring (bicyclic) bond motifs is 14. The summed E-state index contributed by atoms with van der Waals surface area (Å²) < 4.78 is 12.5. The molecule has 0 fully saturated rings. The molecule has 0 atom stereocenters. The van der Waals surface area contributed by atoms with E-state index in [1.54, 1.807) is 0 Å². The summed E-state index contributed by atoms with van der Waals surface area (Å²) in [6.07, 6.45) is 0. The predicted octanol–water partition coefficient (Wildman–Crippen LogP) is 15.4. The fourth-order valence-electron chi connectivity index (χ4n) is 11.6. The van der Waals surface area contributed by atoms with Gasteiger partial charge in [-0.2, -0.15) is 5.26 Å². The lowest BCUT2D eigenvalue weighted by Crippen LogP contribution is -2.61. The van der Waals surface area contributed by atoms with Crippen molar-refractivity contribution < 1.29 is 4.42 Å². The highest BCUT2D eigenvalue weighted by Crippen LogP contribution is 2.56. The third kappa shape index (κ3) is 5.56. The number of rotatable bonds is 1. The maximum absolute atomic E-state index is 11.2. The van der Waals surface area contributed by atoms with Gasteiger partial charge in [-0.15, -0.1) is 11.3 Å². The van der Waals surface area contributed by atoms with Crippen molar-refractivity contribution in [3.63, 3.8) is 0 Å². The van der Waals surface area contributed by atoms with E-state index in [1.807, 2.05) is 11.3 Å². The Morgan fingerprint density at radius 3 is 1.81 bits per heavy atom. The molecule has 6 heterocycles.